The zero-order valence-electron chi connectivity index (χ0n) is 33.4. The number of aliphatic imine (C=N–C) groups is 1. The highest BCUT2D eigenvalue weighted by molar-refractivity contribution is 6.05. The Kier molecular flexibility index (Phi) is 22.1. The van der Waals surface area contributed by atoms with Crippen molar-refractivity contribution in [2.24, 2.45) is 10.7 Å². The fourth-order valence-electron chi connectivity index (χ4n) is 5.53. The molecule has 3 aromatic rings. The van der Waals surface area contributed by atoms with Crippen molar-refractivity contribution >= 4 is 29.4 Å². The van der Waals surface area contributed by atoms with Crippen LogP contribution >= 0.6 is 0 Å². The molecule has 0 atom stereocenters. The molecule has 3 heterocycles. The van der Waals surface area contributed by atoms with Gasteiger partial charge in [0.1, 0.15) is 11.7 Å². The number of aliphatic hydroxyl groups excluding tert-OH is 1. The molecule has 0 aliphatic carbocycles. The van der Waals surface area contributed by atoms with Gasteiger partial charge in [-0.2, -0.15) is 5.10 Å². The second-order valence-electron chi connectivity index (χ2n) is 13.0. The number of nitrogens with one attached hydrogen (secondary N) is 2. The number of amidine groups is 1. The molecule has 0 spiro atoms. The normalized spacial score (nSPS) is 12.4. The quantitative estimate of drug-likeness (QED) is 0.0684. The average Bonchev–Trinajstić information content (AvgIpc) is 3.69. The van der Waals surface area contributed by atoms with E-state index in [2.05, 4.69) is 30.5 Å². The van der Waals surface area contributed by atoms with Crippen molar-refractivity contribution in [2.75, 3.05) is 106 Å². The molecule has 18 heteroatoms. The van der Waals surface area contributed by atoms with E-state index >= 15 is 0 Å². The van der Waals surface area contributed by atoms with Crippen molar-refractivity contribution in [3.05, 3.63) is 65.5 Å². The zero-order valence-corrected chi connectivity index (χ0v) is 33.4. The lowest BCUT2D eigenvalue weighted by atomic mass is 10.0. The smallest absolute Gasteiger partial charge is 0.250 e. The van der Waals surface area contributed by atoms with E-state index in [0.29, 0.717) is 122 Å². The molecule has 1 aromatic carbocycles. The van der Waals surface area contributed by atoms with E-state index in [0.717, 1.165) is 28.7 Å². The van der Waals surface area contributed by atoms with Crippen LogP contribution in [-0.2, 0) is 55.8 Å². The Morgan fingerprint density at radius 3 is 1.95 bits per heavy atom. The van der Waals surface area contributed by atoms with Crippen LogP contribution < -0.4 is 11.1 Å². The Bertz CT molecular complexity index is 1670. The molecule has 0 unspecified atom stereocenters. The number of rotatable bonds is 31. The lowest BCUT2D eigenvalue weighted by Gasteiger charge is -2.23. The number of benzene rings is 1. The highest BCUT2D eigenvalue weighted by atomic mass is 16.6. The number of amides is 2. The first-order chi connectivity index (χ1) is 28.5. The van der Waals surface area contributed by atoms with E-state index in [1.165, 1.54) is 0 Å². The Hall–Kier alpha value is -4.66. The van der Waals surface area contributed by atoms with Gasteiger partial charge in [-0.1, -0.05) is 19.1 Å². The lowest BCUT2D eigenvalue weighted by molar-refractivity contribution is -0.127. The summed E-state index contributed by atoms with van der Waals surface area (Å²) in [7, 11) is 0. The van der Waals surface area contributed by atoms with Crippen molar-refractivity contribution in [1.29, 1.82) is 0 Å². The fourth-order valence-corrected chi connectivity index (χ4v) is 5.53. The number of carbonyl (C=O) groups is 2. The van der Waals surface area contributed by atoms with Crippen molar-refractivity contribution in [2.45, 2.75) is 39.3 Å². The van der Waals surface area contributed by atoms with E-state index < -0.39 is 0 Å². The van der Waals surface area contributed by atoms with Gasteiger partial charge in [-0.05, 0) is 24.1 Å². The number of aliphatic hydroxyl groups is 1. The summed E-state index contributed by atoms with van der Waals surface area (Å²) in [5.41, 5.74) is 10.9. The number of fused-ring (bicyclic) bond motifs is 1. The van der Waals surface area contributed by atoms with E-state index in [9.17, 15) is 9.59 Å². The lowest BCUT2D eigenvalue weighted by Crippen LogP contribution is -2.33. The molecule has 0 bridgehead atoms. The Labute approximate surface area is 339 Å². The third-order valence-corrected chi connectivity index (χ3v) is 8.40. The number of H-pyrrole nitrogens is 1. The third kappa shape index (κ3) is 17.9. The summed E-state index contributed by atoms with van der Waals surface area (Å²) < 4.78 is 37.8. The number of hydrogen-bond donors (Lipinski definition) is 4. The maximum absolute atomic E-state index is 13.6. The molecule has 18 nitrogen and oxygen atoms in total. The van der Waals surface area contributed by atoms with E-state index in [1.54, 1.807) is 29.7 Å². The summed E-state index contributed by atoms with van der Waals surface area (Å²) in [5, 5.41) is 18.2. The first-order valence-corrected chi connectivity index (χ1v) is 19.6. The molecule has 1 aliphatic rings. The fraction of sp³-hybridized carbons (Fsp3) is 0.550. The summed E-state index contributed by atoms with van der Waals surface area (Å²) in [6, 6.07) is 5.75. The largest absolute Gasteiger partial charge is 0.394 e. The van der Waals surface area contributed by atoms with E-state index in [-0.39, 0.29) is 44.4 Å². The van der Waals surface area contributed by atoms with Gasteiger partial charge in [0, 0.05) is 66.8 Å². The number of aromatic nitrogens is 4. The first-order valence-electron chi connectivity index (χ1n) is 19.6. The monoisotopic (exact) mass is 810 g/mol. The molecule has 5 N–H and O–H groups in total. The van der Waals surface area contributed by atoms with Crippen molar-refractivity contribution in [1.82, 2.24) is 30.4 Å². The van der Waals surface area contributed by atoms with Crippen LogP contribution in [0.15, 0.2) is 53.6 Å². The van der Waals surface area contributed by atoms with Gasteiger partial charge in [-0.3, -0.25) is 14.7 Å². The minimum atomic E-state index is -0.173. The van der Waals surface area contributed by atoms with E-state index in [4.69, 9.17) is 44.0 Å². The maximum Gasteiger partial charge on any atom is 0.250 e. The van der Waals surface area contributed by atoms with Crippen LogP contribution in [0, 0.1) is 0 Å². The highest BCUT2D eigenvalue weighted by Crippen LogP contribution is 2.32. The standard InChI is InChI=1S/C40H58N8O10/c1-2-6-48(30-31-25-45-46-26-31)40(51)34-22-33-4-3-32(23-36(33)47-37(41)24-34)35-27-42-38(43-28-35)29-44-39(50)5-8-52-10-12-54-14-16-56-18-20-58-21-19-57-17-15-55-13-11-53-9-7-49/h3-4,22-23,25-28,49H,2,5-21,24,29-30H2,1H3,(H2,41,47)(H,44,50)(H,45,46). The third-order valence-electron chi connectivity index (χ3n) is 8.40. The minimum Gasteiger partial charge on any atom is -0.394 e. The summed E-state index contributed by atoms with van der Waals surface area (Å²) in [5.74, 6) is 0.571. The van der Waals surface area contributed by atoms with Crippen LogP contribution in [0.25, 0.3) is 17.2 Å². The average molecular weight is 811 g/mol. The maximum atomic E-state index is 13.6. The highest BCUT2D eigenvalue weighted by Gasteiger charge is 2.22. The molecule has 0 saturated carbocycles. The van der Waals surface area contributed by atoms with Gasteiger partial charge >= 0.3 is 0 Å². The molecule has 2 aromatic heterocycles. The van der Waals surface area contributed by atoms with Crippen LogP contribution in [0.2, 0.25) is 0 Å². The summed E-state index contributed by atoms with van der Waals surface area (Å²) in [6.45, 7) is 9.25. The van der Waals surface area contributed by atoms with Gasteiger partial charge in [0.05, 0.1) is 118 Å². The molecule has 0 fully saturated rings. The van der Waals surface area contributed by atoms with Crippen LogP contribution in [0.1, 0.15) is 43.1 Å². The molecule has 4 rings (SSSR count). The molecular weight excluding hydrogens is 752 g/mol. The molecule has 318 valence electrons. The van der Waals surface area contributed by atoms with Crippen LogP contribution in [0.3, 0.4) is 0 Å². The van der Waals surface area contributed by atoms with Crippen LogP contribution in [0.5, 0.6) is 0 Å². The zero-order chi connectivity index (χ0) is 41.0. The molecule has 0 saturated heterocycles. The second-order valence-corrected chi connectivity index (χ2v) is 13.0. The molecule has 2 amide bonds. The molecule has 1 aliphatic heterocycles. The van der Waals surface area contributed by atoms with Gasteiger partial charge < -0.3 is 54.2 Å². The van der Waals surface area contributed by atoms with Crippen molar-refractivity contribution in [3.8, 4) is 11.1 Å². The van der Waals surface area contributed by atoms with Crippen molar-refractivity contribution < 1.29 is 47.9 Å². The number of hydrogen-bond acceptors (Lipinski definition) is 15. The molecule has 0 radical (unpaired) electrons. The molecular formula is C40H58N8O10. The van der Waals surface area contributed by atoms with Gasteiger partial charge in [-0.15, -0.1) is 0 Å². The second kappa shape index (κ2) is 27.9. The van der Waals surface area contributed by atoms with E-state index in [1.807, 2.05) is 31.2 Å². The van der Waals surface area contributed by atoms with Gasteiger partial charge in [0.25, 0.3) is 5.91 Å². The predicted molar refractivity (Wildman–Crippen MR) is 215 cm³/mol. The topological polar surface area (TPSA) is 227 Å². The molecule has 58 heavy (non-hydrogen) atoms. The number of nitrogens with zero attached hydrogens (tertiary/aromatic N) is 5. The first kappa shape index (κ1) is 46.0. The van der Waals surface area contributed by atoms with Gasteiger partial charge in [-0.25, -0.2) is 15.0 Å². The summed E-state index contributed by atoms with van der Waals surface area (Å²) >= 11 is 0. The summed E-state index contributed by atoms with van der Waals surface area (Å²) in [4.78, 5) is 41.2. The number of aromatic amines is 1. The number of ether oxygens (including phenoxy) is 7. The number of carbonyl (C=O) groups excluding carboxylic acids is 2. The van der Waals surface area contributed by atoms with Crippen LogP contribution in [0.4, 0.5) is 5.69 Å². The Morgan fingerprint density at radius 1 is 0.810 bits per heavy atom. The summed E-state index contributed by atoms with van der Waals surface area (Å²) in [6.07, 6.45) is 10.0. The Balaban J connectivity index is 1.04. The minimum absolute atomic E-state index is 0.0104. The van der Waals surface area contributed by atoms with Crippen molar-refractivity contribution in [3.63, 3.8) is 0 Å². The predicted octanol–water partition coefficient (Wildman–Crippen LogP) is 2.20. The van der Waals surface area contributed by atoms with Gasteiger partial charge in [0.15, 0.2) is 0 Å². The van der Waals surface area contributed by atoms with Crippen LogP contribution in [-0.4, -0.2) is 153 Å². The van der Waals surface area contributed by atoms with Gasteiger partial charge in [0.2, 0.25) is 5.91 Å². The Morgan fingerprint density at radius 2 is 1.40 bits per heavy atom. The SMILES string of the molecule is CCCN(Cc1cn[nH]c1)C(=O)C1=Cc2ccc(-c3cnc(CNC(=O)CCOCCOCCOCCOCCOCCOCCOCCO)nc3)cc2N=C(N)C1. The number of nitrogens with two attached hydrogens (primary N) is 1.